The fourth-order valence-electron chi connectivity index (χ4n) is 2.08. The van der Waals surface area contributed by atoms with Crippen LogP contribution in [0.4, 0.5) is 0 Å². The maximum atomic E-state index is 5.78. The molecule has 0 unspecified atom stereocenters. The second-order valence-electron chi connectivity index (χ2n) is 4.42. The van der Waals surface area contributed by atoms with Gasteiger partial charge in [-0.15, -0.1) is 0 Å². The van der Waals surface area contributed by atoms with Crippen LogP contribution in [0.2, 0.25) is 0 Å². The van der Waals surface area contributed by atoms with Crippen molar-refractivity contribution in [2.45, 2.75) is 6.42 Å². The molecule has 0 amide bonds. The second-order valence-corrected chi connectivity index (χ2v) is 4.42. The minimum Gasteiger partial charge on any atom is -0.457 e. The first-order chi connectivity index (χ1) is 9.93. The van der Waals surface area contributed by atoms with E-state index in [-0.39, 0.29) is 0 Å². The summed E-state index contributed by atoms with van der Waals surface area (Å²) in [5.41, 5.74) is 5.06. The van der Waals surface area contributed by atoms with Crippen LogP contribution in [0.25, 0.3) is 0 Å². The summed E-state index contributed by atoms with van der Waals surface area (Å²) in [5, 5.41) is 0. The fourth-order valence-corrected chi connectivity index (χ4v) is 2.08. The summed E-state index contributed by atoms with van der Waals surface area (Å²) < 4.78 is 5.78. The Hall–Kier alpha value is -2.68. The van der Waals surface area contributed by atoms with E-state index in [1.807, 2.05) is 30.3 Å². The van der Waals surface area contributed by atoms with Crippen LogP contribution in [-0.4, -0.2) is 0 Å². The molecule has 1 N–H and O–H groups in total. The third-order valence-electron chi connectivity index (χ3n) is 3.04. The van der Waals surface area contributed by atoms with Gasteiger partial charge >= 0.3 is 0 Å². The first-order valence-electron chi connectivity index (χ1n) is 6.50. The molecule has 0 saturated heterocycles. The minimum absolute atomic E-state index is 0.979. The molecule has 2 aromatic carbocycles. The zero-order chi connectivity index (χ0) is 13.6. The van der Waals surface area contributed by atoms with Crippen molar-refractivity contribution in [3.8, 4) is 11.5 Å². The van der Waals surface area contributed by atoms with Crippen molar-refractivity contribution in [2.75, 3.05) is 0 Å². The zero-order valence-corrected chi connectivity index (χ0v) is 11.0. The van der Waals surface area contributed by atoms with E-state index in [9.17, 15) is 0 Å². The zero-order valence-electron chi connectivity index (χ0n) is 11.0. The van der Waals surface area contributed by atoms with Gasteiger partial charge in [0.15, 0.2) is 0 Å². The molecule has 2 aromatic rings. The van der Waals surface area contributed by atoms with Gasteiger partial charge in [-0.25, -0.2) is 5.48 Å². The highest BCUT2D eigenvalue weighted by atomic mass is 16.6. The number of allylic oxidation sites excluding steroid dienone is 2. The molecule has 2 aliphatic rings. The molecule has 0 bridgehead atoms. The number of hydrogen-bond donors (Lipinski definition) is 1. The Morgan fingerprint density at radius 1 is 0.800 bits per heavy atom. The molecule has 0 radical (unpaired) electrons. The maximum absolute atomic E-state index is 5.78. The van der Waals surface area contributed by atoms with Crippen LogP contribution in [-0.2, 0) is 11.3 Å². The van der Waals surface area contributed by atoms with E-state index in [4.69, 9.17) is 4.74 Å². The van der Waals surface area contributed by atoms with Crippen molar-refractivity contribution in [3.05, 3.63) is 84.3 Å². The van der Waals surface area contributed by atoms with Gasteiger partial charge in [-0.3, -0.25) is 0 Å². The van der Waals surface area contributed by atoms with Crippen LogP contribution in [0.1, 0.15) is 11.1 Å². The van der Waals surface area contributed by atoms with Crippen molar-refractivity contribution in [3.63, 3.8) is 0 Å². The molecule has 0 spiro atoms. The van der Waals surface area contributed by atoms with Gasteiger partial charge in [0.05, 0.1) is 0 Å². The molecule has 0 fully saturated rings. The Morgan fingerprint density at radius 3 is 1.90 bits per heavy atom. The molecule has 0 aliphatic carbocycles. The van der Waals surface area contributed by atoms with Crippen LogP contribution >= 0.6 is 0 Å². The largest absolute Gasteiger partial charge is 0.457 e. The van der Waals surface area contributed by atoms with Gasteiger partial charge in [-0.2, -0.15) is 0 Å². The molecule has 100 valence electrons. The fraction of sp³-hybridized carbons (Fsp3) is 0.0588. The summed E-state index contributed by atoms with van der Waals surface area (Å²) >= 11 is 0. The van der Waals surface area contributed by atoms with Gasteiger partial charge in [0, 0.05) is 12.6 Å². The lowest BCUT2D eigenvalue weighted by Crippen LogP contribution is -2.01. The van der Waals surface area contributed by atoms with E-state index in [0.29, 0.717) is 0 Å². The summed E-state index contributed by atoms with van der Waals surface area (Å²) in [7, 11) is 0. The molecule has 0 aromatic heterocycles. The molecule has 20 heavy (non-hydrogen) atoms. The van der Waals surface area contributed by atoms with Crippen LogP contribution in [0.5, 0.6) is 11.5 Å². The lowest BCUT2D eigenvalue weighted by Gasteiger charge is -2.19. The molecular formula is C17H15NO2. The number of hydroxylamine groups is 1. The summed E-state index contributed by atoms with van der Waals surface area (Å²) in [4.78, 5) is 4.55. The van der Waals surface area contributed by atoms with E-state index >= 15 is 0 Å². The van der Waals surface area contributed by atoms with Crippen molar-refractivity contribution in [1.82, 2.24) is 5.48 Å². The Balaban J connectivity index is 0.000000170. The summed E-state index contributed by atoms with van der Waals surface area (Å²) in [6.07, 6.45) is 7.91. The molecular weight excluding hydrogens is 250 g/mol. The predicted molar refractivity (Wildman–Crippen MR) is 78.3 cm³/mol. The maximum Gasteiger partial charge on any atom is 0.130 e. The van der Waals surface area contributed by atoms with Crippen LogP contribution in [0, 0.1) is 0 Å². The SMILES string of the molecule is C1=CNOC=C1.c1ccc2c(c1)Cc1ccccc1O2. The number of benzene rings is 2. The van der Waals surface area contributed by atoms with Crippen LogP contribution in [0.15, 0.2) is 73.1 Å². The topological polar surface area (TPSA) is 30.5 Å². The summed E-state index contributed by atoms with van der Waals surface area (Å²) in [6, 6.07) is 16.4. The minimum atomic E-state index is 0.979. The van der Waals surface area contributed by atoms with Gasteiger partial charge in [0.1, 0.15) is 17.8 Å². The van der Waals surface area contributed by atoms with E-state index in [1.54, 1.807) is 18.5 Å². The van der Waals surface area contributed by atoms with E-state index in [1.165, 1.54) is 11.1 Å². The Kier molecular flexibility index (Phi) is 3.69. The highest BCUT2D eigenvalue weighted by molar-refractivity contribution is 5.49. The van der Waals surface area contributed by atoms with Gasteiger partial charge in [-0.1, -0.05) is 36.4 Å². The molecule has 3 nitrogen and oxygen atoms in total. The van der Waals surface area contributed by atoms with Crippen molar-refractivity contribution < 1.29 is 9.57 Å². The smallest absolute Gasteiger partial charge is 0.130 e. The Morgan fingerprint density at radius 2 is 1.45 bits per heavy atom. The number of fused-ring (bicyclic) bond motifs is 2. The lowest BCUT2D eigenvalue weighted by atomic mass is 10.0. The van der Waals surface area contributed by atoms with Gasteiger partial charge in [0.2, 0.25) is 0 Å². The van der Waals surface area contributed by atoms with E-state index < -0.39 is 0 Å². The summed E-state index contributed by atoms with van der Waals surface area (Å²) in [5.74, 6) is 1.98. The average molecular weight is 265 g/mol. The van der Waals surface area contributed by atoms with Crippen molar-refractivity contribution in [1.29, 1.82) is 0 Å². The number of hydrogen-bond acceptors (Lipinski definition) is 3. The molecule has 4 rings (SSSR count). The number of para-hydroxylation sites is 2. The molecule has 2 heterocycles. The Labute approximate surface area is 118 Å². The third-order valence-corrected chi connectivity index (χ3v) is 3.04. The normalized spacial score (nSPS) is 13.6. The Bertz CT molecular complexity index is 547. The average Bonchev–Trinajstić information content (AvgIpc) is 2.55. The third kappa shape index (κ3) is 2.83. The first-order valence-corrected chi connectivity index (χ1v) is 6.50. The van der Waals surface area contributed by atoms with Crippen LogP contribution < -0.4 is 10.2 Å². The van der Waals surface area contributed by atoms with Crippen LogP contribution in [0.3, 0.4) is 0 Å². The van der Waals surface area contributed by atoms with E-state index in [0.717, 1.165) is 17.9 Å². The van der Waals surface area contributed by atoms with Crippen molar-refractivity contribution in [2.24, 2.45) is 0 Å². The highest BCUT2D eigenvalue weighted by Gasteiger charge is 2.14. The van der Waals surface area contributed by atoms with E-state index in [2.05, 4.69) is 34.6 Å². The van der Waals surface area contributed by atoms with Gasteiger partial charge < -0.3 is 9.57 Å². The monoisotopic (exact) mass is 265 g/mol. The highest BCUT2D eigenvalue weighted by Crippen LogP contribution is 2.35. The number of ether oxygens (including phenoxy) is 1. The standard InChI is InChI=1S/C13H10O.C4H5NO/c1-3-7-12-10(5-1)9-11-6-2-4-8-13(11)14-12;1-2-4-6-5-3-1/h1-8H,9H2;1-5H. The van der Waals surface area contributed by atoms with Crippen molar-refractivity contribution >= 4 is 0 Å². The quantitative estimate of drug-likeness (QED) is 0.668. The number of rotatable bonds is 0. The molecule has 0 atom stereocenters. The van der Waals surface area contributed by atoms with Gasteiger partial charge in [0.25, 0.3) is 0 Å². The molecule has 3 heteroatoms. The first kappa shape index (κ1) is 12.4. The second kappa shape index (κ2) is 5.97. The predicted octanol–water partition coefficient (Wildman–Crippen LogP) is 3.93. The molecule has 2 aliphatic heterocycles. The van der Waals surface area contributed by atoms with Gasteiger partial charge in [-0.05, 0) is 35.4 Å². The number of nitrogens with one attached hydrogen (secondary N) is 1. The summed E-state index contributed by atoms with van der Waals surface area (Å²) in [6.45, 7) is 0. The lowest BCUT2D eigenvalue weighted by molar-refractivity contribution is 0.172. The molecule has 0 saturated carbocycles.